The predicted molar refractivity (Wildman–Crippen MR) is 61.6 cm³/mol. The van der Waals surface area contributed by atoms with Crippen molar-refractivity contribution in [1.29, 1.82) is 0 Å². The molecule has 2 rings (SSSR count). The third-order valence-electron chi connectivity index (χ3n) is 2.17. The van der Waals surface area contributed by atoms with Crippen molar-refractivity contribution in [2.24, 2.45) is 0 Å². The van der Waals surface area contributed by atoms with E-state index in [0.29, 0.717) is 0 Å². The first-order valence-corrected chi connectivity index (χ1v) is 6.88. The van der Waals surface area contributed by atoms with Crippen molar-refractivity contribution in [2.75, 3.05) is 13.3 Å². The molecule has 3 nitrogen and oxygen atoms in total. The van der Waals surface area contributed by atoms with Crippen LogP contribution in [0.4, 0.5) is 0 Å². The molecule has 0 bridgehead atoms. The topological polar surface area (TPSA) is 37.8 Å². The summed E-state index contributed by atoms with van der Waals surface area (Å²) in [6.45, 7) is 0.846. The van der Waals surface area contributed by atoms with Crippen molar-refractivity contribution in [3.05, 3.63) is 17.0 Å². The molecule has 0 spiro atoms. The van der Waals surface area contributed by atoms with Crippen LogP contribution in [0.25, 0.3) is 0 Å². The lowest BCUT2D eigenvalue weighted by Gasteiger charge is -2.07. The highest BCUT2D eigenvalue weighted by molar-refractivity contribution is 7.98. The van der Waals surface area contributed by atoms with E-state index < -0.39 is 0 Å². The zero-order valence-corrected chi connectivity index (χ0v) is 9.97. The van der Waals surface area contributed by atoms with Gasteiger partial charge in [0.05, 0.1) is 11.4 Å². The van der Waals surface area contributed by atoms with Gasteiger partial charge >= 0.3 is 0 Å². The lowest BCUT2D eigenvalue weighted by atomic mass is 10.2. The first-order valence-electron chi connectivity index (χ1n) is 4.50. The Labute approximate surface area is 92.5 Å². The first-order chi connectivity index (χ1) is 6.85. The number of nitrogens with one attached hydrogen (secondary N) is 1. The molecular weight excluding hydrogens is 214 g/mol. The zero-order valence-electron chi connectivity index (χ0n) is 8.33. The van der Waals surface area contributed by atoms with E-state index in [1.165, 1.54) is 17.0 Å². The third kappa shape index (κ3) is 1.89. The third-order valence-corrected chi connectivity index (χ3v) is 3.69. The Bertz CT molecular complexity index is 341. The molecule has 0 atom stereocenters. The summed E-state index contributed by atoms with van der Waals surface area (Å²) in [6.07, 6.45) is 2.02. The lowest BCUT2D eigenvalue weighted by molar-refractivity contribution is 0.746. The fraction of sp³-hybridized carbons (Fsp3) is 0.556. The molecule has 1 N–H and O–H groups in total. The average molecular weight is 227 g/mol. The van der Waals surface area contributed by atoms with Crippen LogP contribution in [0.2, 0.25) is 0 Å². The second-order valence-corrected chi connectivity index (χ2v) is 4.86. The summed E-state index contributed by atoms with van der Waals surface area (Å²) in [7, 11) is 1.95. The van der Waals surface area contributed by atoms with Crippen molar-refractivity contribution < 1.29 is 0 Å². The van der Waals surface area contributed by atoms with E-state index in [1.807, 2.05) is 25.1 Å². The van der Waals surface area contributed by atoms with Crippen molar-refractivity contribution in [2.45, 2.75) is 23.2 Å². The summed E-state index contributed by atoms with van der Waals surface area (Å²) < 4.78 is 0. The fourth-order valence-electron chi connectivity index (χ4n) is 1.50. The molecule has 1 aliphatic heterocycles. The van der Waals surface area contributed by atoms with Gasteiger partial charge in [0.25, 0.3) is 0 Å². The van der Waals surface area contributed by atoms with E-state index in [2.05, 4.69) is 15.3 Å². The van der Waals surface area contributed by atoms with Crippen LogP contribution < -0.4 is 5.32 Å². The molecule has 0 unspecified atom stereocenters. The highest BCUT2D eigenvalue weighted by Gasteiger charge is 2.18. The molecule has 1 aromatic rings. The van der Waals surface area contributed by atoms with Crippen molar-refractivity contribution in [3.8, 4) is 0 Å². The minimum Gasteiger partial charge on any atom is -0.314 e. The van der Waals surface area contributed by atoms with Crippen LogP contribution in [0.1, 0.15) is 17.0 Å². The van der Waals surface area contributed by atoms with Crippen molar-refractivity contribution in [1.82, 2.24) is 15.3 Å². The monoisotopic (exact) mass is 227 g/mol. The molecule has 0 saturated heterocycles. The number of nitrogens with zero attached hydrogens (tertiary/aromatic N) is 2. The van der Waals surface area contributed by atoms with Crippen molar-refractivity contribution >= 4 is 23.5 Å². The van der Waals surface area contributed by atoms with E-state index in [4.69, 9.17) is 0 Å². The van der Waals surface area contributed by atoms with Crippen LogP contribution in [0.3, 0.4) is 0 Å². The van der Waals surface area contributed by atoms with Gasteiger partial charge in [0.15, 0.2) is 5.16 Å². The maximum atomic E-state index is 4.53. The Morgan fingerprint density at radius 1 is 1.43 bits per heavy atom. The zero-order chi connectivity index (χ0) is 9.97. The molecule has 1 aliphatic rings. The van der Waals surface area contributed by atoms with Crippen LogP contribution in [0.15, 0.2) is 5.16 Å². The predicted octanol–water partition coefficient (Wildman–Crippen LogP) is 1.66. The lowest BCUT2D eigenvalue weighted by Crippen LogP contribution is -2.11. The van der Waals surface area contributed by atoms with Crippen LogP contribution in [0.5, 0.6) is 0 Å². The van der Waals surface area contributed by atoms with Gasteiger partial charge < -0.3 is 5.32 Å². The van der Waals surface area contributed by atoms with Crippen LogP contribution in [0, 0.1) is 0 Å². The molecule has 14 heavy (non-hydrogen) atoms. The molecule has 0 saturated carbocycles. The van der Waals surface area contributed by atoms with E-state index in [1.54, 1.807) is 11.8 Å². The molecule has 76 valence electrons. The Morgan fingerprint density at radius 2 is 2.29 bits per heavy atom. The van der Waals surface area contributed by atoms with Gasteiger partial charge in [-0.3, -0.25) is 0 Å². The van der Waals surface area contributed by atoms with Gasteiger partial charge in [-0.2, -0.15) is 11.8 Å². The van der Waals surface area contributed by atoms with Crippen LogP contribution >= 0.6 is 23.5 Å². The van der Waals surface area contributed by atoms with Crippen molar-refractivity contribution in [3.63, 3.8) is 0 Å². The second-order valence-electron chi connectivity index (χ2n) is 3.11. The summed E-state index contributed by atoms with van der Waals surface area (Å²) in [5.41, 5.74) is 3.76. The molecule has 0 radical (unpaired) electrons. The smallest absolute Gasteiger partial charge is 0.187 e. The molecule has 0 aliphatic carbocycles. The van der Waals surface area contributed by atoms with Gasteiger partial charge in [0.2, 0.25) is 0 Å². The van der Waals surface area contributed by atoms with E-state index in [9.17, 15) is 0 Å². The summed E-state index contributed by atoms with van der Waals surface area (Å²) in [5, 5.41) is 4.06. The maximum Gasteiger partial charge on any atom is 0.187 e. The quantitative estimate of drug-likeness (QED) is 0.628. The van der Waals surface area contributed by atoms with Gasteiger partial charge in [-0.1, -0.05) is 11.8 Å². The SMILES string of the molecule is CNCc1nc(SC)nc2c1CSC2. The number of thioether (sulfide) groups is 2. The minimum atomic E-state index is 0.846. The Balaban J connectivity index is 2.41. The number of fused-ring (bicyclic) bond motifs is 1. The molecule has 2 heterocycles. The molecule has 0 aromatic carbocycles. The Morgan fingerprint density at radius 3 is 3.00 bits per heavy atom. The van der Waals surface area contributed by atoms with E-state index in [-0.39, 0.29) is 0 Å². The number of hydrogen-bond donors (Lipinski definition) is 1. The molecule has 5 heteroatoms. The summed E-state index contributed by atoms with van der Waals surface area (Å²) in [5.74, 6) is 2.11. The average Bonchev–Trinajstić information content (AvgIpc) is 2.66. The van der Waals surface area contributed by atoms with Gasteiger partial charge in [-0.15, -0.1) is 0 Å². The minimum absolute atomic E-state index is 0.846. The normalized spacial score (nSPS) is 14.4. The Kier molecular flexibility index (Phi) is 3.30. The number of hydrogen-bond acceptors (Lipinski definition) is 5. The van der Waals surface area contributed by atoms with Gasteiger partial charge in [0.1, 0.15) is 0 Å². The summed E-state index contributed by atoms with van der Waals surface area (Å²) in [4.78, 5) is 9.05. The van der Waals surface area contributed by atoms with Gasteiger partial charge in [-0.25, -0.2) is 9.97 Å². The molecule has 1 aromatic heterocycles. The second kappa shape index (κ2) is 4.51. The fourth-order valence-corrected chi connectivity index (χ4v) is 2.97. The summed E-state index contributed by atoms with van der Waals surface area (Å²) in [6, 6.07) is 0. The standard InChI is InChI=1S/C9H13N3S2/c1-10-3-7-6-4-14-5-8(6)12-9(11-7)13-2/h10H,3-5H2,1-2H3. The van der Waals surface area contributed by atoms with E-state index in [0.717, 1.165) is 23.2 Å². The maximum absolute atomic E-state index is 4.53. The highest BCUT2D eigenvalue weighted by Crippen LogP contribution is 2.31. The number of aromatic nitrogens is 2. The van der Waals surface area contributed by atoms with Crippen LogP contribution in [-0.2, 0) is 18.1 Å². The first kappa shape index (κ1) is 10.3. The Hall–Kier alpha value is -0.260. The molecular formula is C9H13N3S2. The highest BCUT2D eigenvalue weighted by atomic mass is 32.2. The van der Waals surface area contributed by atoms with Gasteiger partial charge in [0, 0.05) is 23.6 Å². The largest absolute Gasteiger partial charge is 0.314 e. The van der Waals surface area contributed by atoms with Crippen LogP contribution in [-0.4, -0.2) is 23.3 Å². The van der Waals surface area contributed by atoms with Gasteiger partial charge in [-0.05, 0) is 13.3 Å². The number of rotatable bonds is 3. The summed E-state index contributed by atoms with van der Waals surface area (Å²) >= 11 is 3.54. The van der Waals surface area contributed by atoms with E-state index >= 15 is 0 Å². The molecule has 0 fully saturated rings. The molecule has 0 amide bonds.